The third-order valence-corrected chi connectivity index (χ3v) is 4.00. The number of benzene rings is 3. The van der Waals surface area contributed by atoms with Crippen LogP contribution in [-0.2, 0) is 0 Å². The minimum atomic E-state index is 0.939. The van der Waals surface area contributed by atoms with Crippen molar-refractivity contribution in [2.45, 2.75) is 13.8 Å². The summed E-state index contributed by atoms with van der Waals surface area (Å²) >= 11 is 0. The molecule has 1 heterocycles. The summed E-state index contributed by atoms with van der Waals surface area (Å²) in [5, 5.41) is 5.97. The van der Waals surface area contributed by atoms with Crippen molar-refractivity contribution < 1.29 is 0 Å². The van der Waals surface area contributed by atoms with Crippen LogP contribution in [0.1, 0.15) is 16.7 Å². The van der Waals surface area contributed by atoms with Gasteiger partial charge in [0.05, 0.1) is 5.69 Å². The Kier molecular flexibility index (Phi) is 2.58. The Hall–Kier alpha value is -2.61. The molecule has 0 spiro atoms. The molecule has 3 aromatic carbocycles. The molecule has 4 rings (SSSR count). The molecule has 1 aliphatic rings. The molecule has 0 saturated heterocycles. The van der Waals surface area contributed by atoms with E-state index in [-0.39, 0.29) is 0 Å². The summed E-state index contributed by atoms with van der Waals surface area (Å²) < 4.78 is 0. The molecule has 0 atom stereocenters. The minimum Gasteiger partial charge on any atom is -0.339 e. The molecule has 102 valence electrons. The number of nitrogens with one attached hydrogen (secondary N) is 1. The van der Waals surface area contributed by atoms with Crippen molar-refractivity contribution in [1.82, 2.24) is 0 Å². The Morgan fingerprint density at radius 3 is 2.52 bits per heavy atom. The highest BCUT2D eigenvalue weighted by Gasteiger charge is 2.19. The quantitative estimate of drug-likeness (QED) is 0.665. The molecule has 0 unspecified atom stereocenters. The smallest absolute Gasteiger partial charge is 0.139 e. The van der Waals surface area contributed by atoms with Crippen LogP contribution in [0.5, 0.6) is 0 Å². The lowest BCUT2D eigenvalue weighted by Crippen LogP contribution is -2.06. The lowest BCUT2D eigenvalue weighted by molar-refractivity contribution is 1.34. The van der Waals surface area contributed by atoms with Gasteiger partial charge in [-0.2, -0.15) is 0 Å². The fraction of sp³-hybridized carbons (Fsp3) is 0.105. The van der Waals surface area contributed by atoms with Gasteiger partial charge in [0, 0.05) is 16.6 Å². The number of hydrogen-bond acceptors (Lipinski definition) is 1. The van der Waals surface area contributed by atoms with E-state index in [1.807, 2.05) is 0 Å². The van der Waals surface area contributed by atoms with E-state index < -0.39 is 0 Å². The molecule has 3 aromatic rings. The van der Waals surface area contributed by atoms with E-state index in [1.54, 1.807) is 0 Å². The minimum absolute atomic E-state index is 0.939. The molecule has 21 heavy (non-hydrogen) atoms. The number of hydrogen-bond donors (Lipinski definition) is 1. The predicted octanol–water partition coefficient (Wildman–Crippen LogP) is 4.96. The van der Waals surface area contributed by atoms with Gasteiger partial charge in [-0.05, 0) is 36.9 Å². The Morgan fingerprint density at radius 2 is 1.71 bits per heavy atom. The van der Waals surface area contributed by atoms with Crippen LogP contribution in [0.4, 0.5) is 11.4 Å². The predicted molar refractivity (Wildman–Crippen MR) is 89.7 cm³/mol. The van der Waals surface area contributed by atoms with Crippen molar-refractivity contribution in [2.24, 2.45) is 4.99 Å². The average Bonchev–Trinajstić information content (AvgIpc) is 2.83. The molecule has 1 aliphatic heterocycles. The van der Waals surface area contributed by atoms with Crippen molar-refractivity contribution in [3.63, 3.8) is 0 Å². The highest BCUT2D eigenvalue weighted by Crippen LogP contribution is 2.34. The van der Waals surface area contributed by atoms with Crippen molar-refractivity contribution in [2.75, 3.05) is 5.32 Å². The van der Waals surface area contributed by atoms with Crippen LogP contribution in [0, 0.1) is 13.8 Å². The van der Waals surface area contributed by atoms with Gasteiger partial charge in [-0.3, -0.25) is 0 Å². The first-order chi connectivity index (χ1) is 10.2. The van der Waals surface area contributed by atoms with E-state index in [9.17, 15) is 0 Å². The van der Waals surface area contributed by atoms with Gasteiger partial charge in [0.15, 0.2) is 0 Å². The molecule has 0 bridgehead atoms. The van der Waals surface area contributed by atoms with Crippen LogP contribution in [0.2, 0.25) is 0 Å². The number of aryl methyl sites for hydroxylation is 2. The fourth-order valence-corrected chi connectivity index (χ4v) is 2.98. The molecule has 0 radical (unpaired) electrons. The second-order valence-electron chi connectivity index (χ2n) is 5.58. The normalized spacial score (nSPS) is 14.7. The Morgan fingerprint density at radius 1 is 0.905 bits per heavy atom. The van der Waals surface area contributed by atoms with Crippen molar-refractivity contribution >= 4 is 28.0 Å². The van der Waals surface area contributed by atoms with Crippen LogP contribution in [0.3, 0.4) is 0 Å². The molecular weight excluding hydrogens is 256 g/mol. The zero-order chi connectivity index (χ0) is 14.4. The maximum Gasteiger partial charge on any atom is 0.139 e. The van der Waals surface area contributed by atoms with Crippen LogP contribution in [0.15, 0.2) is 59.6 Å². The van der Waals surface area contributed by atoms with E-state index in [0.717, 1.165) is 17.2 Å². The van der Waals surface area contributed by atoms with E-state index in [1.165, 1.54) is 27.5 Å². The highest BCUT2D eigenvalue weighted by atomic mass is 15.0. The lowest BCUT2D eigenvalue weighted by Gasteiger charge is -2.05. The molecule has 1 N–H and O–H groups in total. The maximum absolute atomic E-state index is 4.84. The first kappa shape index (κ1) is 12.2. The fourth-order valence-electron chi connectivity index (χ4n) is 2.98. The number of anilines is 1. The van der Waals surface area contributed by atoms with E-state index in [2.05, 4.69) is 73.8 Å². The summed E-state index contributed by atoms with van der Waals surface area (Å²) in [5.74, 6) is 0.939. The molecule has 0 aliphatic carbocycles. The monoisotopic (exact) mass is 272 g/mol. The summed E-state index contributed by atoms with van der Waals surface area (Å²) in [7, 11) is 0. The van der Waals surface area contributed by atoms with Gasteiger partial charge in [-0.25, -0.2) is 4.99 Å². The third-order valence-electron chi connectivity index (χ3n) is 4.00. The zero-order valence-electron chi connectivity index (χ0n) is 12.1. The number of rotatable bonds is 1. The summed E-state index contributed by atoms with van der Waals surface area (Å²) in [4.78, 5) is 4.84. The van der Waals surface area contributed by atoms with Crippen molar-refractivity contribution in [1.29, 1.82) is 0 Å². The molecular formula is C19H16N2. The van der Waals surface area contributed by atoms with Gasteiger partial charge in [0.2, 0.25) is 0 Å². The van der Waals surface area contributed by atoms with Gasteiger partial charge in [0.25, 0.3) is 0 Å². The van der Waals surface area contributed by atoms with E-state index >= 15 is 0 Å². The van der Waals surface area contributed by atoms with Crippen LogP contribution in [-0.4, -0.2) is 5.84 Å². The number of aliphatic imine (C=N–C) groups is 1. The van der Waals surface area contributed by atoms with Crippen molar-refractivity contribution in [3.8, 4) is 0 Å². The molecule has 2 nitrogen and oxygen atoms in total. The van der Waals surface area contributed by atoms with Gasteiger partial charge in [-0.1, -0.05) is 48.0 Å². The first-order valence-electron chi connectivity index (χ1n) is 7.17. The lowest BCUT2D eigenvalue weighted by atomic mass is 10.1. The largest absolute Gasteiger partial charge is 0.339 e. The topological polar surface area (TPSA) is 24.4 Å². The van der Waals surface area contributed by atoms with Crippen molar-refractivity contribution in [3.05, 3.63) is 71.3 Å². The van der Waals surface area contributed by atoms with Crippen LogP contribution < -0.4 is 5.32 Å². The highest BCUT2D eigenvalue weighted by molar-refractivity contribution is 6.26. The first-order valence-corrected chi connectivity index (χ1v) is 7.17. The number of amidine groups is 1. The summed E-state index contributed by atoms with van der Waals surface area (Å²) in [5.41, 5.74) is 5.82. The second-order valence-corrected chi connectivity index (χ2v) is 5.58. The van der Waals surface area contributed by atoms with Gasteiger partial charge < -0.3 is 5.32 Å². The standard InChI is InChI=1S/C19H16N2/c1-12-9-10-16(13(2)11-12)20-19-15-7-3-5-14-6-4-8-17(21-19)18(14)15/h3-11H,1-2H3,(H,20,21). The van der Waals surface area contributed by atoms with Crippen LogP contribution >= 0.6 is 0 Å². The van der Waals surface area contributed by atoms with Crippen LogP contribution in [0.25, 0.3) is 10.8 Å². The molecule has 2 heteroatoms. The van der Waals surface area contributed by atoms with E-state index in [4.69, 9.17) is 4.99 Å². The Labute approximate surface area is 124 Å². The second kappa shape index (κ2) is 4.45. The summed E-state index contributed by atoms with van der Waals surface area (Å²) in [6.45, 7) is 4.21. The molecule has 0 fully saturated rings. The average molecular weight is 272 g/mol. The Bertz CT molecular complexity index is 886. The maximum atomic E-state index is 4.84. The van der Waals surface area contributed by atoms with Gasteiger partial charge in [-0.15, -0.1) is 0 Å². The number of nitrogens with zero attached hydrogens (tertiary/aromatic N) is 1. The van der Waals surface area contributed by atoms with Gasteiger partial charge in [0.1, 0.15) is 5.84 Å². The summed E-state index contributed by atoms with van der Waals surface area (Å²) in [6, 6.07) is 19.1. The molecule has 0 amide bonds. The molecule has 0 saturated carbocycles. The zero-order valence-corrected chi connectivity index (χ0v) is 12.1. The SMILES string of the molecule is Cc1ccc(N=C2Nc3cccc4cccc2c34)c(C)c1. The Balaban J connectivity index is 1.90. The summed E-state index contributed by atoms with van der Waals surface area (Å²) in [6.07, 6.45) is 0. The molecule has 0 aromatic heterocycles. The third kappa shape index (κ3) is 1.91. The van der Waals surface area contributed by atoms with E-state index in [0.29, 0.717) is 0 Å². The van der Waals surface area contributed by atoms with Gasteiger partial charge >= 0.3 is 0 Å².